The van der Waals surface area contributed by atoms with Gasteiger partial charge in [-0.1, -0.05) is 12.5 Å². The van der Waals surface area contributed by atoms with E-state index in [1.54, 1.807) is 24.5 Å². The summed E-state index contributed by atoms with van der Waals surface area (Å²) in [5, 5.41) is 3.62. The zero-order valence-electron chi connectivity index (χ0n) is 12.9. The molecule has 0 radical (unpaired) electrons. The summed E-state index contributed by atoms with van der Waals surface area (Å²) in [4.78, 5) is 18.3. The number of methoxy groups -OCH3 is 1. The number of thiazole rings is 1. The van der Waals surface area contributed by atoms with Crippen molar-refractivity contribution in [3.05, 3.63) is 39.9 Å². The van der Waals surface area contributed by atoms with Gasteiger partial charge in [0.25, 0.3) is 5.91 Å². The zero-order chi connectivity index (χ0) is 15.5. The van der Waals surface area contributed by atoms with Crippen molar-refractivity contribution in [3.8, 4) is 5.75 Å². The second-order valence-electron chi connectivity index (χ2n) is 5.59. The van der Waals surface area contributed by atoms with E-state index in [-0.39, 0.29) is 5.91 Å². The van der Waals surface area contributed by atoms with Crippen LogP contribution in [-0.4, -0.2) is 18.0 Å². The van der Waals surface area contributed by atoms with E-state index in [0.29, 0.717) is 10.7 Å². The van der Waals surface area contributed by atoms with E-state index in [2.05, 4.69) is 10.3 Å². The van der Waals surface area contributed by atoms with Crippen LogP contribution in [0.3, 0.4) is 0 Å². The predicted octanol–water partition coefficient (Wildman–Crippen LogP) is 3.98. The fourth-order valence-electron chi connectivity index (χ4n) is 2.71. The number of nitrogens with one attached hydrogen (secondary N) is 1. The van der Waals surface area contributed by atoms with Crippen LogP contribution in [0.4, 0.5) is 5.13 Å². The molecule has 22 heavy (non-hydrogen) atoms. The molecule has 0 bridgehead atoms. The number of aryl methyl sites for hydroxylation is 3. The van der Waals surface area contributed by atoms with Gasteiger partial charge in [0.15, 0.2) is 5.13 Å². The van der Waals surface area contributed by atoms with Gasteiger partial charge in [-0.25, -0.2) is 4.98 Å². The first-order chi connectivity index (χ1) is 10.7. The topological polar surface area (TPSA) is 51.2 Å². The molecule has 1 aliphatic rings. The van der Waals surface area contributed by atoms with Gasteiger partial charge in [-0.15, -0.1) is 11.3 Å². The van der Waals surface area contributed by atoms with Gasteiger partial charge in [-0.2, -0.15) is 0 Å². The highest BCUT2D eigenvalue weighted by atomic mass is 32.1. The highest BCUT2D eigenvalue weighted by molar-refractivity contribution is 7.15. The summed E-state index contributed by atoms with van der Waals surface area (Å²) in [5.41, 5.74) is 2.77. The maximum absolute atomic E-state index is 12.4. The normalized spacial score (nSPS) is 14.1. The molecular formula is C17H20N2O2S. The van der Waals surface area contributed by atoms with Crippen molar-refractivity contribution in [1.82, 2.24) is 4.98 Å². The van der Waals surface area contributed by atoms with E-state index in [9.17, 15) is 4.79 Å². The zero-order valence-corrected chi connectivity index (χ0v) is 13.8. The van der Waals surface area contributed by atoms with Crippen molar-refractivity contribution in [2.24, 2.45) is 0 Å². The first-order valence-electron chi connectivity index (χ1n) is 7.62. The predicted molar refractivity (Wildman–Crippen MR) is 89.1 cm³/mol. The summed E-state index contributed by atoms with van der Waals surface area (Å²) < 4.78 is 5.27. The molecule has 1 aromatic heterocycles. The van der Waals surface area contributed by atoms with Gasteiger partial charge in [0.1, 0.15) is 5.75 Å². The number of fused-ring (bicyclic) bond motifs is 1. The molecule has 0 spiro atoms. The fourth-order valence-corrected chi connectivity index (χ4v) is 3.76. The van der Waals surface area contributed by atoms with Gasteiger partial charge in [0, 0.05) is 10.4 Å². The number of carbonyl (C=O) groups is 1. The van der Waals surface area contributed by atoms with Crippen LogP contribution in [0.5, 0.6) is 5.75 Å². The molecular weight excluding hydrogens is 296 g/mol. The van der Waals surface area contributed by atoms with Gasteiger partial charge in [0.05, 0.1) is 12.8 Å². The van der Waals surface area contributed by atoms with Gasteiger partial charge < -0.3 is 4.74 Å². The Kier molecular flexibility index (Phi) is 4.43. The lowest BCUT2D eigenvalue weighted by atomic mass is 10.1. The van der Waals surface area contributed by atoms with E-state index in [1.165, 1.54) is 29.8 Å². The second-order valence-corrected chi connectivity index (χ2v) is 6.67. The largest absolute Gasteiger partial charge is 0.496 e. The molecule has 0 unspecified atom stereocenters. The van der Waals surface area contributed by atoms with Gasteiger partial charge in [-0.3, -0.25) is 10.1 Å². The Morgan fingerprint density at radius 2 is 2.09 bits per heavy atom. The second kappa shape index (κ2) is 6.48. The van der Waals surface area contributed by atoms with Gasteiger partial charge in [-0.05, 0) is 50.3 Å². The minimum Gasteiger partial charge on any atom is -0.496 e. The first-order valence-corrected chi connectivity index (χ1v) is 8.43. The average molecular weight is 316 g/mol. The number of amides is 1. The molecule has 5 heteroatoms. The number of rotatable bonds is 3. The molecule has 1 aliphatic carbocycles. The van der Waals surface area contributed by atoms with Crippen LogP contribution in [0.1, 0.15) is 45.8 Å². The molecule has 116 valence electrons. The van der Waals surface area contributed by atoms with Gasteiger partial charge in [0.2, 0.25) is 0 Å². The smallest absolute Gasteiger partial charge is 0.257 e. The maximum atomic E-state index is 12.4. The van der Waals surface area contributed by atoms with Crippen LogP contribution in [0.2, 0.25) is 0 Å². The Bertz CT molecular complexity index is 670. The van der Waals surface area contributed by atoms with Crippen LogP contribution in [0, 0.1) is 6.92 Å². The van der Waals surface area contributed by atoms with Crippen molar-refractivity contribution in [2.45, 2.75) is 39.0 Å². The Labute approximate surface area is 134 Å². The Morgan fingerprint density at radius 1 is 1.27 bits per heavy atom. The quantitative estimate of drug-likeness (QED) is 0.871. The number of anilines is 1. The Balaban J connectivity index is 1.77. The van der Waals surface area contributed by atoms with Crippen LogP contribution in [0.25, 0.3) is 0 Å². The minimum absolute atomic E-state index is 0.137. The van der Waals surface area contributed by atoms with Crippen molar-refractivity contribution >= 4 is 22.4 Å². The Morgan fingerprint density at radius 3 is 2.91 bits per heavy atom. The first kappa shape index (κ1) is 15.0. The summed E-state index contributed by atoms with van der Waals surface area (Å²) in [7, 11) is 1.61. The van der Waals surface area contributed by atoms with Gasteiger partial charge >= 0.3 is 0 Å². The highest BCUT2D eigenvalue weighted by Crippen LogP contribution is 2.29. The lowest BCUT2D eigenvalue weighted by Gasteiger charge is -2.07. The molecule has 0 atom stereocenters. The number of aromatic nitrogens is 1. The van der Waals surface area contributed by atoms with E-state index >= 15 is 0 Å². The number of ether oxygens (including phenoxy) is 1. The molecule has 0 fully saturated rings. The summed E-state index contributed by atoms with van der Waals surface area (Å²) in [6, 6.07) is 5.47. The van der Waals surface area contributed by atoms with Crippen LogP contribution < -0.4 is 10.1 Å². The third-order valence-electron chi connectivity index (χ3n) is 3.99. The lowest BCUT2D eigenvalue weighted by Crippen LogP contribution is -2.12. The molecule has 1 aromatic carbocycles. The lowest BCUT2D eigenvalue weighted by molar-refractivity contribution is 0.102. The van der Waals surface area contributed by atoms with Crippen molar-refractivity contribution in [2.75, 3.05) is 12.4 Å². The summed E-state index contributed by atoms with van der Waals surface area (Å²) >= 11 is 1.61. The molecule has 0 aliphatic heterocycles. The summed E-state index contributed by atoms with van der Waals surface area (Å²) in [6.45, 7) is 1.96. The molecule has 4 nitrogen and oxygen atoms in total. The fraction of sp³-hybridized carbons (Fsp3) is 0.412. The van der Waals surface area contributed by atoms with E-state index in [1.807, 2.05) is 19.1 Å². The van der Waals surface area contributed by atoms with Crippen molar-refractivity contribution < 1.29 is 9.53 Å². The SMILES string of the molecule is COc1cc(C(=O)Nc2nc3c(s2)CCCCC3)ccc1C. The number of hydrogen-bond acceptors (Lipinski definition) is 4. The van der Waals surface area contributed by atoms with Crippen LogP contribution >= 0.6 is 11.3 Å². The van der Waals surface area contributed by atoms with E-state index in [0.717, 1.165) is 24.2 Å². The molecule has 3 rings (SSSR count). The van der Waals surface area contributed by atoms with Crippen LogP contribution in [0.15, 0.2) is 18.2 Å². The molecule has 2 aromatic rings. The standard InChI is InChI=1S/C17H20N2O2S/c1-11-8-9-12(10-14(11)21-2)16(20)19-17-18-13-6-4-3-5-7-15(13)22-17/h8-10H,3-7H2,1-2H3,(H,18,19,20). The number of carbonyl (C=O) groups excluding carboxylic acids is 1. The molecule has 1 amide bonds. The number of benzene rings is 1. The maximum Gasteiger partial charge on any atom is 0.257 e. The third-order valence-corrected chi connectivity index (χ3v) is 5.06. The summed E-state index contributed by atoms with van der Waals surface area (Å²) in [6.07, 6.45) is 5.80. The summed E-state index contributed by atoms with van der Waals surface area (Å²) in [5.74, 6) is 0.588. The van der Waals surface area contributed by atoms with Crippen LogP contribution in [-0.2, 0) is 12.8 Å². The van der Waals surface area contributed by atoms with Crippen molar-refractivity contribution in [1.29, 1.82) is 0 Å². The molecule has 0 saturated heterocycles. The number of nitrogens with zero attached hydrogens (tertiary/aromatic N) is 1. The highest BCUT2D eigenvalue weighted by Gasteiger charge is 2.16. The molecule has 1 N–H and O–H groups in total. The van der Waals surface area contributed by atoms with Crippen molar-refractivity contribution in [3.63, 3.8) is 0 Å². The monoisotopic (exact) mass is 316 g/mol. The molecule has 1 heterocycles. The average Bonchev–Trinajstić information content (AvgIpc) is 2.76. The van der Waals surface area contributed by atoms with E-state index in [4.69, 9.17) is 4.74 Å². The minimum atomic E-state index is -0.137. The molecule has 0 saturated carbocycles. The third kappa shape index (κ3) is 3.14. The number of hydrogen-bond donors (Lipinski definition) is 1. The van der Waals surface area contributed by atoms with E-state index < -0.39 is 0 Å². The Hall–Kier alpha value is -1.88.